The van der Waals surface area contributed by atoms with Crippen molar-refractivity contribution < 1.29 is 27.5 Å². The number of hydrogen-bond acceptors (Lipinski definition) is 6. The number of nitrogens with one attached hydrogen (secondary N) is 1. The van der Waals surface area contributed by atoms with E-state index in [2.05, 4.69) is 10.3 Å². The molecule has 0 aliphatic heterocycles. The highest BCUT2D eigenvalue weighted by Gasteiger charge is 2.38. The lowest BCUT2D eigenvalue weighted by Crippen LogP contribution is -2.18. The monoisotopic (exact) mass is 426 g/mol. The highest BCUT2D eigenvalue weighted by Crippen LogP contribution is 2.37. The fraction of sp³-hybridized carbons (Fsp3) is 0.167. The zero-order valence-electron chi connectivity index (χ0n) is 14.4. The summed E-state index contributed by atoms with van der Waals surface area (Å²) in [5.41, 5.74) is 0.574. The topological polar surface area (TPSA) is 68.3 Å². The zero-order chi connectivity index (χ0) is 20.3. The van der Waals surface area contributed by atoms with Gasteiger partial charge in [0.1, 0.15) is 9.88 Å². The van der Waals surface area contributed by atoms with Gasteiger partial charge in [0.2, 0.25) is 0 Å². The predicted molar refractivity (Wildman–Crippen MR) is 101 cm³/mol. The second kappa shape index (κ2) is 8.11. The molecule has 0 radical (unpaired) electrons. The maximum Gasteiger partial charge on any atom is 0.434 e. The van der Waals surface area contributed by atoms with Crippen molar-refractivity contribution in [1.29, 1.82) is 0 Å². The first-order chi connectivity index (χ1) is 13.3. The van der Waals surface area contributed by atoms with Crippen molar-refractivity contribution in [3.8, 4) is 10.4 Å². The number of alkyl halides is 3. The van der Waals surface area contributed by atoms with Gasteiger partial charge in [0.15, 0.2) is 5.69 Å². The van der Waals surface area contributed by atoms with E-state index in [4.69, 9.17) is 4.74 Å². The summed E-state index contributed by atoms with van der Waals surface area (Å²) >= 11 is 1.65. The van der Waals surface area contributed by atoms with Crippen molar-refractivity contribution in [2.75, 3.05) is 11.9 Å². The molecule has 2 heterocycles. The first-order valence-corrected chi connectivity index (χ1v) is 9.69. The van der Waals surface area contributed by atoms with Crippen LogP contribution in [0.1, 0.15) is 32.6 Å². The van der Waals surface area contributed by atoms with Gasteiger partial charge in [-0.1, -0.05) is 30.3 Å². The quantitative estimate of drug-likeness (QED) is 0.561. The summed E-state index contributed by atoms with van der Waals surface area (Å²) in [6.07, 6.45) is -4.75. The fourth-order valence-corrected chi connectivity index (χ4v) is 4.11. The number of aromatic nitrogens is 1. The van der Waals surface area contributed by atoms with Crippen LogP contribution in [0.2, 0.25) is 0 Å². The van der Waals surface area contributed by atoms with Gasteiger partial charge >= 0.3 is 12.1 Å². The van der Waals surface area contributed by atoms with Crippen molar-refractivity contribution in [2.45, 2.75) is 13.1 Å². The highest BCUT2D eigenvalue weighted by atomic mass is 32.1. The van der Waals surface area contributed by atoms with Crippen LogP contribution in [0.5, 0.6) is 0 Å². The molecule has 0 spiro atoms. The molecule has 10 heteroatoms. The number of thiazole rings is 1. The van der Waals surface area contributed by atoms with Crippen LogP contribution in [0.15, 0.2) is 41.9 Å². The van der Waals surface area contributed by atoms with Gasteiger partial charge in [-0.05, 0) is 18.6 Å². The number of hydrogen-bond donors (Lipinski definition) is 1. The number of ether oxygens (including phenoxy) is 1. The molecule has 0 saturated carbocycles. The van der Waals surface area contributed by atoms with Crippen molar-refractivity contribution in [2.24, 2.45) is 0 Å². The molecular weight excluding hydrogens is 413 g/mol. The van der Waals surface area contributed by atoms with Gasteiger partial charge in [-0.2, -0.15) is 13.2 Å². The first kappa shape index (κ1) is 20.0. The molecule has 2 aromatic heterocycles. The molecule has 3 aromatic rings. The molecule has 0 saturated heterocycles. The fourth-order valence-electron chi connectivity index (χ4n) is 2.36. The summed E-state index contributed by atoms with van der Waals surface area (Å²) in [4.78, 5) is 28.0. The number of nitrogens with zero attached hydrogens (tertiary/aromatic N) is 1. The van der Waals surface area contributed by atoms with Gasteiger partial charge in [-0.25, -0.2) is 9.78 Å². The first-order valence-electron chi connectivity index (χ1n) is 7.99. The van der Waals surface area contributed by atoms with Gasteiger partial charge in [-0.3, -0.25) is 4.79 Å². The number of amides is 1. The Hall–Kier alpha value is -2.72. The van der Waals surface area contributed by atoms with Gasteiger partial charge in [0.25, 0.3) is 5.91 Å². The van der Waals surface area contributed by atoms with E-state index in [-0.39, 0.29) is 17.2 Å². The van der Waals surface area contributed by atoms with Crippen LogP contribution in [0, 0.1) is 0 Å². The smallest absolute Gasteiger partial charge is 0.434 e. The van der Waals surface area contributed by atoms with Crippen molar-refractivity contribution in [3.05, 3.63) is 58.0 Å². The summed E-state index contributed by atoms with van der Waals surface area (Å²) in [5.74, 6) is -1.65. The number of anilines is 1. The third-order valence-corrected chi connectivity index (χ3v) is 5.48. The van der Waals surface area contributed by atoms with Gasteiger partial charge < -0.3 is 10.1 Å². The molecule has 5 nitrogen and oxygen atoms in total. The molecule has 3 rings (SSSR count). The molecule has 1 amide bonds. The molecule has 0 fully saturated rings. The molecule has 0 aliphatic rings. The lowest BCUT2D eigenvalue weighted by atomic mass is 10.1. The lowest BCUT2D eigenvalue weighted by Gasteiger charge is -2.07. The maximum atomic E-state index is 13.0. The largest absolute Gasteiger partial charge is 0.462 e. The molecule has 1 aromatic carbocycles. The minimum absolute atomic E-state index is 0.0807. The summed E-state index contributed by atoms with van der Waals surface area (Å²) in [5, 5.41) is 2.52. The van der Waals surface area contributed by atoms with E-state index in [0.29, 0.717) is 16.2 Å². The van der Waals surface area contributed by atoms with Crippen LogP contribution < -0.4 is 5.32 Å². The molecule has 28 heavy (non-hydrogen) atoms. The molecular formula is C18H13F3N2O3S2. The summed E-state index contributed by atoms with van der Waals surface area (Å²) < 4.78 is 44.0. The van der Waals surface area contributed by atoms with Gasteiger partial charge in [-0.15, -0.1) is 22.7 Å². The Morgan fingerprint density at radius 1 is 1.21 bits per heavy atom. The normalized spacial score (nSPS) is 11.3. The Balaban J connectivity index is 1.96. The third-order valence-electron chi connectivity index (χ3n) is 3.55. The Bertz CT molecular complexity index is 997. The van der Waals surface area contributed by atoms with Crippen molar-refractivity contribution in [1.82, 2.24) is 4.98 Å². The molecule has 146 valence electrons. The third kappa shape index (κ3) is 4.23. The standard InChI is InChI=1S/C18H13F3N2O3S2/c1-2-26-17(25)11-8-12(10-6-4-3-5-7-10)28-16(11)23-15(24)13-14(18(19,20)21)22-9-27-13/h3-9H,2H2,1H3,(H,23,24). The molecule has 0 atom stereocenters. The van der Waals surface area contributed by atoms with Crippen LogP contribution in [-0.2, 0) is 10.9 Å². The number of carbonyl (C=O) groups is 2. The minimum atomic E-state index is -4.75. The minimum Gasteiger partial charge on any atom is -0.462 e. The number of rotatable bonds is 5. The highest BCUT2D eigenvalue weighted by molar-refractivity contribution is 7.20. The van der Waals surface area contributed by atoms with E-state index >= 15 is 0 Å². The van der Waals surface area contributed by atoms with Crippen LogP contribution in [0.25, 0.3) is 10.4 Å². The number of esters is 1. The van der Waals surface area contributed by atoms with E-state index < -0.39 is 28.6 Å². The summed E-state index contributed by atoms with van der Waals surface area (Å²) in [6.45, 7) is 1.75. The van der Waals surface area contributed by atoms with Crippen LogP contribution in [0.3, 0.4) is 0 Å². The molecule has 1 N–H and O–H groups in total. The predicted octanol–water partition coefficient (Wildman–Crippen LogP) is 5.32. The van der Waals surface area contributed by atoms with Gasteiger partial charge in [0, 0.05) is 4.88 Å². The van der Waals surface area contributed by atoms with Crippen molar-refractivity contribution in [3.63, 3.8) is 0 Å². The number of halogens is 3. The van der Waals surface area contributed by atoms with E-state index in [1.807, 2.05) is 30.3 Å². The average Bonchev–Trinajstić information content (AvgIpc) is 3.30. The van der Waals surface area contributed by atoms with Crippen molar-refractivity contribution >= 4 is 39.6 Å². The molecule has 0 aliphatic carbocycles. The Labute approximate surface area is 165 Å². The Morgan fingerprint density at radius 3 is 2.57 bits per heavy atom. The number of thiophene rings is 1. The summed E-state index contributed by atoms with van der Waals surface area (Å²) in [6, 6.07) is 10.6. The van der Waals surface area contributed by atoms with E-state index in [1.54, 1.807) is 13.0 Å². The lowest BCUT2D eigenvalue weighted by molar-refractivity contribution is -0.141. The van der Waals surface area contributed by atoms with Crippen LogP contribution in [0.4, 0.5) is 18.2 Å². The molecule has 0 unspecified atom stereocenters. The Kier molecular flexibility index (Phi) is 5.80. The Morgan fingerprint density at radius 2 is 1.93 bits per heavy atom. The zero-order valence-corrected chi connectivity index (χ0v) is 16.0. The van der Waals surface area contributed by atoms with Gasteiger partial charge in [0.05, 0.1) is 17.7 Å². The second-order valence-electron chi connectivity index (χ2n) is 5.42. The molecule has 0 bridgehead atoms. The SMILES string of the molecule is CCOC(=O)c1cc(-c2ccccc2)sc1NC(=O)c1scnc1C(F)(F)F. The van der Waals surface area contributed by atoms with E-state index in [0.717, 1.165) is 22.4 Å². The summed E-state index contributed by atoms with van der Waals surface area (Å²) in [7, 11) is 0. The number of benzene rings is 1. The maximum absolute atomic E-state index is 13.0. The van der Waals surface area contributed by atoms with E-state index in [9.17, 15) is 22.8 Å². The van der Waals surface area contributed by atoms with E-state index in [1.165, 1.54) is 0 Å². The average molecular weight is 426 g/mol. The second-order valence-corrected chi connectivity index (χ2v) is 7.33. The number of carbonyl (C=O) groups excluding carboxylic acids is 2. The van der Waals surface area contributed by atoms with Crippen LogP contribution >= 0.6 is 22.7 Å². The van der Waals surface area contributed by atoms with Crippen LogP contribution in [-0.4, -0.2) is 23.5 Å².